The molecule has 0 aliphatic heterocycles. The van der Waals surface area contributed by atoms with Gasteiger partial charge in [-0.25, -0.2) is 0 Å². The van der Waals surface area contributed by atoms with E-state index in [0.29, 0.717) is 5.92 Å². The first-order valence-corrected chi connectivity index (χ1v) is 6.81. The monoisotopic (exact) mass is 218 g/mol. The molecular weight excluding hydrogens is 200 g/mol. The van der Waals surface area contributed by atoms with Crippen LogP contribution in [0.25, 0.3) is 0 Å². The second-order valence-electron chi connectivity index (χ2n) is 3.93. The molecule has 3 nitrogen and oxygen atoms in total. The Labute approximate surface area is 86.3 Å². The second-order valence-corrected chi connectivity index (χ2v) is 5.58. The van der Waals surface area contributed by atoms with Crippen LogP contribution in [0.2, 0.25) is 0 Å². The van der Waals surface area contributed by atoms with Crippen LogP contribution in [-0.4, -0.2) is 21.3 Å². The average molecular weight is 218 g/mol. The standard InChI is InChI=1S/C10H18O3S/c1-3-9(8-13-14(2,11)12)10-6-4-5-7-10/h3,9-10H,1,4-8H2,2H3. The quantitative estimate of drug-likeness (QED) is 0.523. The molecule has 1 unspecified atom stereocenters. The van der Waals surface area contributed by atoms with E-state index in [1.165, 1.54) is 25.7 Å². The maximum Gasteiger partial charge on any atom is 0.264 e. The maximum absolute atomic E-state index is 10.8. The minimum absolute atomic E-state index is 0.187. The third-order valence-electron chi connectivity index (χ3n) is 2.78. The molecule has 14 heavy (non-hydrogen) atoms. The summed E-state index contributed by atoms with van der Waals surface area (Å²) in [5.41, 5.74) is 0. The van der Waals surface area contributed by atoms with E-state index < -0.39 is 10.1 Å². The van der Waals surface area contributed by atoms with E-state index in [2.05, 4.69) is 6.58 Å². The molecule has 4 heteroatoms. The van der Waals surface area contributed by atoms with Crippen molar-refractivity contribution in [2.45, 2.75) is 25.7 Å². The molecule has 1 fully saturated rings. The van der Waals surface area contributed by atoms with Gasteiger partial charge in [-0.2, -0.15) is 8.42 Å². The van der Waals surface area contributed by atoms with E-state index in [1.807, 2.05) is 6.08 Å². The summed E-state index contributed by atoms with van der Waals surface area (Å²) < 4.78 is 26.4. The van der Waals surface area contributed by atoms with Crippen molar-refractivity contribution in [1.82, 2.24) is 0 Å². The molecule has 0 heterocycles. The van der Waals surface area contributed by atoms with E-state index in [4.69, 9.17) is 4.18 Å². The molecule has 0 N–H and O–H groups in total. The predicted octanol–water partition coefficient (Wildman–Crippen LogP) is 1.96. The van der Waals surface area contributed by atoms with Gasteiger partial charge in [0.15, 0.2) is 0 Å². The zero-order chi connectivity index (χ0) is 10.6. The Hall–Kier alpha value is -0.350. The third-order valence-corrected chi connectivity index (χ3v) is 3.35. The van der Waals surface area contributed by atoms with Gasteiger partial charge in [0.1, 0.15) is 0 Å². The smallest absolute Gasteiger partial charge is 0.264 e. The lowest BCUT2D eigenvalue weighted by Gasteiger charge is -2.18. The van der Waals surface area contributed by atoms with Gasteiger partial charge in [-0.3, -0.25) is 4.18 Å². The van der Waals surface area contributed by atoms with Crippen molar-refractivity contribution in [2.24, 2.45) is 11.8 Å². The van der Waals surface area contributed by atoms with Gasteiger partial charge in [0.25, 0.3) is 10.1 Å². The maximum atomic E-state index is 10.8. The molecule has 0 amide bonds. The van der Waals surface area contributed by atoms with Gasteiger partial charge in [-0.05, 0) is 18.8 Å². The second kappa shape index (κ2) is 4.94. The lowest BCUT2D eigenvalue weighted by molar-refractivity contribution is 0.236. The summed E-state index contributed by atoms with van der Waals surface area (Å²) in [6.45, 7) is 3.99. The molecule has 0 aromatic rings. The summed E-state index contributed by atoms with van der Waals surface area (Å²) in [6.07, 6.45) is 7.73. The van der Waals surface area contributed by atoms with Gasteiger partial charge in [0.05, 0.1) is 12.9 Å². The normalized spacial score (nSPS) is 20.9. The highest BCUT2D eigenvalue weighted by Gasteiger charge is 2.23. The Morgan fingerprint density at radius 1 is 1.50 bits per heavy atom. The van der Waals surface area contributed by atoms with Gasteiger partial charge in [-0.1, -0.05) is 18.9 Å². The summed E-state index contributed by atoms with van der Waals surface area (Å²) in [7, 11) is -3.31. The number of hydrogen-bond donors (Lipinski definition) is 0. The van der Waals surface area contributed by atoms with Crippen molar-refractivity contribution >= 4 is 10.1 Å². The van der Waals surface area contributed by atoms with E-state index in [9.17, 15) is 8.42 Å². The molecule has 0 saturated heterocycles. The van der Waals surface area contributed by atoms with Crippen LogP contribution in [0.4, 0.5) is 0 Å². The van der Waals surface area contributed by atoms with Crippen LogP contribution in [-0.2, 0) is 14.3 Å². The van der Waals surface area contributed by atoms with E-state index in [0.717, 1.165) is 6.26 Å². The fraction of sp³-hybridized carbons (Fsp3) is 0.800. The molecule has 0 bridgehead atoms. The van der Waals surface area contributed by atoms with E-state index >= 15 is 0 Å². The van der Waals surface area contributed by atoms with Crippen molar-refractivity contribution in [2.75, 3.05) is 12.9 Å². The Bertz CT molecular complexity index is 276. The summed E-state index contributed by atoms with van der Waals surface area (Å²) >= 11 is 0. The lowest BCUT2D eigenvalue weighted by atomic mass is 9.92. The van der Waals surface area contributed by atoms with Crippen LogP contribution >= 0.6 is 0 Å². The molecule has 1 aliphatic carbocycles. The van der Waals surface area contributed by atoms with Gasteiger partial charge in [0.2, 0.25) is 0 Å². The van der Waals surface area contributed by atoms with Gasteiger partial charge < -0.3 is 0 Å². The minimum atomic E-state index is -3.31. The summed E-state index contributed by atoms with van der Waals surface area (Å²) in [6, 6.07) is 0. The van der Waals surface area contributed by atoms with Crippen LogP contribution in [0, 0.1) is 11.8 Å². The average Bonchev–Trinajstić information content (AvgIpc) is 2.56. The lowest BCUT2D eigenvalue weighted by Crippen LogP contribution is -2.18. The topological polar surface area (TPSA) is 43.4 Å². The first kappa shape index (κ1) is 11.7. The summed E-state index contributed by atoms with van der Waals surface area (Å²) in [4.78, 5) is 0. The zero-order valence-electron chi connectivity index (χ0n) is 8.61. The first-order valence-electron chi connectivity index (χ1n) is 5.00. The van der Waals surface area contributed by atoms with Crippen molar-refractivity contribution < 1.29 is 12.6 Å². The highest BCUT2D eigenvalue weighted by molar-refractivity contribution is 7.85. The van der Waals surface area contributed by atoms with Crippen molar-refractivity contribution in [3.05, 3.63) is 12.7 Å². The van der Waals surface area contributed by atoms with E-state index in [-0.39, 0.29) is 12.5 Å². The third kappa shape index (κ3) is 3.80. The fourth-order valence-corrected chi connectivity index (χ4v) is 2.39. The van der Waals surface area contributed by atoms with Crippen molar-refractivity contribution in [3.8, 4) is 0 Å². The van der Waals surface area contributed by atoms with Crippen molar-refractivity contribution in [1.29, 1.82) is 0 Å². The number of rotatable bonds is 5. The fourth-order valence-electron chi connectivity index (χ4n) is 1.98. The first-order chi connectivity index (χ1) is 6.53. The molecule has 1 rings (SSSR count). The van der Waals surface area contributed by atoms with Crippen LogP contribution in [0.15, 0.2) is 12.7 Å². The van der Waals surface area contributed by atoms with Gasteiger partial charge in [-0.15, -0.1) is 6.58 Å². The van der Waals surface area contributed by atoms with E-state index in [1.54, 1.807) is 0 Å². The predicted molar refractivity (Wildman–Crippen MR) is 56.4 cm³/mol. The molecule has 1 saturated carbocycles. The SMILES string of the molecule is C=CC(COS(C)(=O)=O)C1CCCC1. The highest BCUT2D eigenvalue weighted by atomic mass is 32.2. The van der Waals surface area contributed by atoms with Crippen LogP contribution in [0.5, 0.6) is 0 Å². The largest absolute Gasteiger partial charge is 0.270 e. The minimum Gasteiger partial charge on any atom is -0.270 e. The molecule has 0 radical (unpaired) electrons. The Morgan fingerprint density at radius 3 is 2.50 bits per heavy atom. The Balaban J connectivity index is 2.42. The van der Waals surface area contributed by atoms with Gasteiger partial charge >= 0.3 is 0 Å². The summed E-state index contributed by atoms with van der Waals surface area (Å²) in [5, 5.41) is 0. The molecule has 82 valence electrons. The summed E-state index contributed by atoms with van der Waals surface area (Å²) in [5.74, 6) is 0.751. The zero-order valence-corrected chi connectivity index (χ0v) is 9.42. The highest BCUT2D eigenvalue weighted by Crippen LogP contribution is 2.32. The Kier molecular flexibility index (Phi) is 4.13. The van der Waals surface area contributed by atoms with Crippen LogP contribution in [0.3, 0.4) is 0 Å². The molecular formula is C10H18O3S. The molecule has 1 atom stereocenters. The van der Waals surface area contributed by atoms with Gasteiger partial charge in [0, 0.05) is 5.92 Å². The molecule has 0 spiro atoms. The molecule has 0 aromatic heterocycles. The molecule has 1 aliphatic rings. The number of hydrogen-bond acceptors (Lipinski definition) is 3. The van der Waals surface area contributed by atoms with Crippen LogP contribution < -0.4 is 0 Å². The molecule has 0 aromatic carbocycles. The Morgan fingerprint density at radius 2 is 2.07 bits per heavy atom. The van der Waals surface area contributed by atoms with Crippen LogP contribution in [0.1, 0.15) is 25.7 Å². The van der Waals surface area contributed by atoms with Crippen molar-refractivity contribution in [3.63, 3.8) is 0 Å².